The molecular weight excluding hydrogens is 293 g/mol. The van der Waals surface area contributed by atoms with Crippen LogP contribution in [-0.2, 0) is 6.61 Å². The third kappa shape index (κ3) is 5.34. The van der Waals surface area contributed by atoms with Gasteiger partial charge in [0.1, 0.15) is 6.61 Å². The minimum absolute atomic E-state index is 0.166. The van der Waals surface area contributed by atoms with Gasteiger partial charge in [0.2, 0.25) is 0 Å². The first-order chi connectivity index (χ1) is 11.2. The number of aliphatic hydroxyl groups excluding tert-OH is 1. The van der Waals surface area contributed by atoms with Crippen LogP contribution in [0.3, 0.4) is 0 Å². The van der Waals surface area contributed by atoms with Gasteiger partial charge in [0.05, 0.1) is 6.10 Å². The average Bonchev–Trinajstić information content (AvgIpc) is 2.58. The van der Waals surface area contributed by atoms with Crippen molar-refractivity contribution in [3.63, 3.8) is 0 Å². The molecule has 0 saturated heterocycles. The number of hydrogen-bond acceptors (Lipinski definition) is 3. The second kappa shape index (κ2) is 9.28. The molecule has 2 rings (SSSR count). The van der Waals surface area contributed by atoms with Gasteiger partial charge in [-0.3, -0.25) is 0 Å². The van der Waals surface area contributed by atoms with Gasteiger partial charge in [-0.2, -0.15) is 0 Å². The number of unbranched alkanes of at least 4 members (excludes halogenated alkanes) is 1. The van der Waals surface area contributed by atoms with Crippen molar-refractivity contribution < 1.29 is 14.2 Å². The first kappa shape index (κ1) is 17.4. The first-order valence-corrected chi connectivity index (χ1v) is 8.06. The maximum atomic E-state index is 14.5. The lowest BCUT2D eigenvalue weighted by molar-refractivity contribution is 0.168. The number of ether oxygens (including phenoxy) is 1. The Kier molecular flexibility index (Phi) is 7.04. The van der Waals surface area contributed by atoms with E-state index in [1.165, 1.54) is 0 Å². The maximum Gasteiger partial charge on any atom is 0.170 e. The van der Waals surface area contributed by atoms with E-state index < -0.39 is 11.9 Å². The lowest BCUT2D eigenvalue weighted by Crippen LogP contribution is -2.23. The monoisotopic (exact) mass is 317 g/mol. The van der Waals surface area contributed by atoms with E-state index >= 15 is 0 Å². The molecule has 0 radical (unpaired) electrons. The molecule has 0 spiro atoms. The van der Waals surface area contributed by atoms with Crippen molar-refractivity contribution in [1.29, 1.82) is 0 Å². The van der Waals surface area contributed by atoms with E-state index in [1.807, 2.05) is 30.3 Å². The molecule has 1 atom stereocenters. The molecule has 0 unspecified atom stereocenters. The zero-order chi connectivity index (χ0) is 16.5. The van der Waals surface area contributed by atoms with Gasteiger partial charge in [0.15, 0.2) is 11.6 Å². The minimum Gasteiger partial charge on any atom is -0.486 e. The van der Waals surface area contributed by atoms with Crippen molar-refractivity contribution in [3.8, 4) is 5.75 Å². The molecule has 0 aliphatic rings. The highest BCUT2D eigenvalue weighted by Crippen LogP contribution is 2.25. The second-order valence-corrected chi connectivity index (χ2v) is 5.51. The first-order valence-electron chi connectivity index (χ1n) is 8.06. The van der Waals surface area contributed by atoms with E-state index in [-0.39, 0.29) is 11.3 Å². The predicted molar refractivity (Wildman–Crippen MR) is 89.9 cm³/mol. The van der Waals surface area contributed by atoms with Crippen LogP contribution in [0.5, 0.6) is 5.75 Å². The highest BCUT2D eigenvalue weighted by Gasteiger charge is 2.16. The van der Waals surface area contributed by atoms with Crippen LogP contribution in [0.25, 0.3) is 0 Å². The van der Waals surface area contributed by atoms with Crippen molar-refractivity contribution in [2.24, 2.45) is 0 Å². The molecule has 0 fully saturated rings. The highest BCUT2D eigenvalue weighted by atomic mass is 19.1. The van der Waals surface area contributed by atoms with Crippen molar-refractivity contribution in [3.05, 3.63) is 65.5 Å². The molecular formula is C19H24FNO2. The quantitative estimate of drug-likeness (QED) is 0.691. The molecule has 0 aliphatic carbocycles. The van der Waals surface area contributed by atoms with Gasteiger partial charge in [-0.15, -0.1) is 0 Å². The molecule has 0 aliphatic heterocycles. The zero-order valence-corrected chi connectivity index (χ0v) is 13.5. The third-order valence-corrected chi connectivity index (χ3v) is 3.63. The Hall–Kier alpha value is -1.91. The molecule has 3 nitrogen and oxygen atoms in total. The summed E-state index contributed by atoms with van der Waals surface area (Å²) in [6.45, 7) is 3.55. The molecule has 23 heavy (non-hydrogen) atoms. The van der Waals surface area contributed by atoms with Crippen LogP contribution in [0, 0.1) is 5.82 Å². The Balaban J connectivity index is 1.97. The number of hydrogen-bond donors (Lipinski definition) is 2. The number of nitrogens with one attached hydrogen (secondary N) is 1. The van der Waals surface area contributed by atoms with E-state index in [0.29, 0.717) is 13.2 Å². The Morgan fingerprint density at radius 2 is 1.91 bits per heavy atom. The number of benzene rings is 2. The van der Waals surface area contributed by atoms with Crippen molar-refractivity contribution >= 4 is 0 Å². The van der Waals surface area contributed by atoms with Gasteiger partial charge in [-0.25, -0.2) is 4.39 Å². The summed E-state index contributed by atoms with van der Waals surface area (Å²) in [4.78, 5) is 0. The van der Waals surface area contributed by atoms with Gasteiger partial charge in [-0.05, 0) is 24.6 Å². The van der Waals surface area contributed by atoms with Gasteiger partial charge >= 0.3 is 0 Å². The van der Waals surface area contributed by atoms with Crippen molar-refractivity contribution in [2.45, 2.75) is 32.5 Å². The summed E-state index contributed by atoms with van der Waals surface area (Å²) in [6.07, 6.45) is 1.24. The van der Waals surface area contributed by atoms with E-state index in [2.05, 4.69) is 12.2 Å². The Morgan fingerprint density at radius 1 is 1.13 bits per heavy atom. The van der Waals surface area contributed by atoms with Gasteiger partial charge in [-0.1, -0.05) is 55.8 Å². The summed E-state index contributed by atoms with van der Waals surface area (Å²) in [7, 11) is 0. The summed E-state index contributed by atoms with van der Waals surface area (Å²) < 4.78 is 20.0. The molecule has 2 aromatic carbocycles. The summed E-state index contributed by atoms with van der Waals surface area (Å²) in [5, 5.41) is 13.3. The lowest BCUT2D eigenvalue weighted by atomic mass is 10.1. The van der Waals surface area contributed by atoms with E-state index in [9.17, 15) is 9.50 Å². The molecule has 124 valence electrons. The summed E-state index contributed by atoms with van der Waals surface area (Å²) >= 11 is 0. The smallest absolute Gasteiger partial charge is 0.170 e. The molecule has 4 heteroatoms. The maximum absolute atomic E-state index is 14.5. The van der Waals surface area contributed by atoms with Crippen LogP contribution < -0.4 is 10.1 Å². The summed E-state index contributed by atoms with van der Waals surface area (Å²) in [6, 6.07) is 14.5. The fourth-order valence-electron chi connectivity index (χ4n) is 2.28. The molecule has 0 aromatic heterocycles. The highest BCUT2D eigenvalue weighted by molar-refractivity contribution is 5.33. The van der Waals surface area contributed by atoms with Crippen molar-refractivity contribution in [2.75, 3.05) is 13.1 Å². The van der Waals surface area contributed by atoms with Crippen LogP contribution in [0.2, 0.25) is 0 Å². The molecule has 0 amide bonds. The number of aliphatic hydroxyl groups is 1. The number of rotatable bonds is 9. The predicted octanol–water partition coefficient (Wildman–Crippen LogP) is 3.83. The van der Waals surface area contributed by atoms with E-state index in [0.717, 1.165) is 24.9 Å². The number of halogens is 1. The summed E-state index contributed by atoms with van der Waals surface area (Å²) in [5.74, 6) is -0.327. The van der Waals surface area contributed by atoms with E-state index in [4.69, 9.17) is 4.74 Å². The molecule has 0 heterocycles. The van der Waals surface area contributed by atoms with Crippen LogP contribution in [0.4, 0.5) is 4.39 Å². The Labute approximate surface area is 137 Å². The average molecular weight is 317 g/mol. The zero-order valence-electron chi connectivity index (χ0n) is 13.5. The van der Waals surface area contributed by atoms with Gasteiger partial charge in [0, 0.05) is 12.1 Å². The normalized spacial score (nSPS) is 12.1. The Bertz CT molecular complexity index is 589. The topological polar surface area (TPSA) is 41.5 Å². The SMILES string of the molecule is CCCCNC[C@H](O)c1cccc(OCc2ccccc2)c1F. The summed E-state index contributed by atoms with van der Waals surface area (Å²) in [5.41, 5.74) is 1.23. The van der Waals surface area contributed by atoms with E-state index in [1.54, 1.807) is 18.2 Å². The second-order valence-electron chi connectivity index (χ2n) is 5.51. The van der Waals surface area contributed by atoms with Gasteiger partial charge < -0.3 is 15.2 Å². The lowest BCUT2D eigenvalue weighted by Gasteiger charge is -2.15. The van der Waals surface area contributed by atoms with Crippen LogP contribution in [-0.4, -0.2) is 18.2 Å². The molecule has 2 aromatic rings. The van der Waals surface area contributed by atoms with Crippen molar-refractivity contribution in [1.82, 2.24) is 5.32 Å². The minimum atomic E-state index is -0.882. The molecule has 0 saturated carbocycles. The fraction of sp³-hybridized carbons (Fsp3) is 0.368. The third-order valence-electron chi connectivity index (χ3n) is 3.63. The van der Waals surface area contributed by atoms with Crippen LogP contribution in [0.15, 0.2) is 48.5 Å². The Morgan fingerprint density at radius 3 is 2.65 bits per heavy atom. The van der Waals surface area contributed by atoms with Crippen LogP contribution in [0.1, 0.15) is 37.0 Å². The molecule has 2 N–H and O–H groups in total. The largest absolute Gasteiger partial charge is 0.486 e. The fourth-order valence-corrected chi connectivity index (χ4v) is 2.28. The molecule has 0 bridgehead atoms. The standard InChI is InChI=1S/C19H24FNO2/c1-2-3-12-21-13-17(22)16-10-7-11-18(19(16)20)23-14-15-8-5-4-6-9-15/h4-11,17,21-22H,2-3,12-14H2,1H3/t17-/m0/s1. The van der Waals surface area contributed by atoms with Crippen LogP contribution >= 0.6 is 0 Å². The van der Waals surface area contributed by atoms with Gasteiger partial charge in [0.25, 0.3) is 0 Å².